The molecule has 2 N–H and O–H groups in total. The number of aromatic nitrogens is 4. The highest BCUT2D eigenvalue weighted by atomic mass is 15.3. The fraction of sp³-hybridized carbons (Fsp3) is 0.500. The first-order chi connectivity index (χ1) is 8.34. The van der Waals surface area contributed by atoms with Gasteiger partial charge in [-0.25, -0.2) is 0 Å². The van der Waals surface area contributed by atoms with Crippen LogP contribution in [0, 0.1) is 0 Å². The number of nitrogens with zero attached hydrogens (tertiary/aromatic N) is 3. The lowest BCUT2D eigenvalue weighted by molar-refractivity contribution is 0.512. The molecule has 1 aliphatic rings. The Morgan fingerprint density at radius 3 is 3.29 bits per heavy atom. The molecule has 0 aromatic carbocycles. The minimum atomic E-state index is 0.234. The SMILES string of the molecule is CC(NCc1ccc[nH]1)c1nnc2n1CCC2. The van der Waals surface area contributed by atoms with Gasteiger partial charge in [-0.05, 0) is 25.5 Å². The summed E-state index contributed by atoms with van der Waals surface area (Å²) in [7, 11) is 0. The number of hydrogen-bond donors (Lipinski definition) is 2. The Morgan fingerprint density at radius 2 is 2.47 bits per heavy atom. The van der Waals surface area contributed by atoms with E-state index in [2.05, 4.69) is 38.1 Å². The van der Waals surface area contributed by atoms with Crippen molar-refractivity contribution in [3.8, 4) is 0 Å². The number of fused-ring (bicyclic) bond motifs is 1. The van der Waals surface area contributed by atoms with Crippen LogP contribution in [0.1, 0.15) is 36.7 Å². The molecule has 5 nitrogen and oxygen atoms in total. The zero-order valence-electron chi connectivity index (χ0n) is 9.98. The molecule has 1 aliphatic heterocycles. The lowest BCUT2D eigenvalue weighted by Gasteiger charge is -2.13. The number of nitrogens with one attached hydrogen (secondary N) is 2. The summed E-state index contributed by atoms with van der Waals surface area (Å²) in [5.41, 5.74) is 1.19. The van der Waals surface area contributed by atoms with Crippen molar-refractivity contribution in [2.45, 2.75) is 38.9 Å². The molecular formula is C12H17N5. The van der Waals surface area contributed by atoms with Gasteiger partial charge in [-0.3, -0.25) is 0 Å². The fourth-order valence-corrected chi connectivity index (χ4v) is 2.33. The quantitative estimate of drug-likeness (QED) is 0.836. The monoisotopic (exact) mass is 231 g/mol. The Morgan fingerprint density at radius 1 is 1.53 bits per heavy atom. The standard InChI is InChI=1S/C12H17N5/c1-9(14-8-10-4-2-6-13-10)12-16-15-11-5-3-7-17(11)12/h2,4,6,9,13-14H,3,5,7-8H2,1H3. The molecule has 3 heterocycles. The summed E-state index contributed by atoms with van der Waals surface area (Å²) in [5.74, 6) is 2.19. The minimum absolute atomic E-state index is 0.234. The molecule has 0 aliphatic carbocycles. The molecule has 1 unspecified atom stereocenters. The Balaban J connectivity index is 1.67. The zero-order valence-corrected chi connectivity index (χ0v) is 9.98. The van der Waals surface area contributed by atoms with Gasteiger partial charge in [-0.15, -0.1) is 10.2 Å². The molecule has 3 rings (SSSR count). The van der Waals surface area contributed by atoms with Crippen molar-refractivity contribution < 1.29 is 0 Å². The topological polar surface area (TPSA) is 58.5 Å². The van der Waals surface area contributed by atoms with E-state index in [1.807, 2.05) is 12.3 Å². The highest BCUT2D eigenvalue weighted by Crippen LogP contribution is 2.18. The van der Waals surface area contributed by atoms with Crippen molar-refractivity contribution in [2.24, 2.45) is 0 Å². The second kappa shape index (κ2) is 4.33. The van der Waals surface area contributed by atoms with Gasteiger partial charge in [0.1, 0.15) is 11.6 Å². The maximum atomic E-state index is 4.28. The average Bonchev–Trinajstić information content (AvgIpc) is 3.02. The first-order valence-corrected chi connectivity index (χ1v) is 6.12. The van der Waals surface area contributed by atoms with Gasteiger partial charge in [0.15, 0.2) is 0 Å². The molecule has 0 radical (unpaired) electrons. The highest BCUT2D eigenvalue weighted by molar-refractivity contribution is 5.06. The van der Waals surface area contributed by atoms with E-state index >= 15 is 0 Å². The van der Waals surface area contributed by atoms with Crippen LogP contribution >= 0.6 is 0 Å². The molecule has 5 heteroatoms. The van der Waals surface area contributed by atoms with E-state index in [1.165, 1.54) is 12.1 Å². The summed E-state index contributed by atoms with van der Waals surface area (Å²) in [6.07, 6.45) is 4.20. The van der Waals surface area contributed by atoms with E-state index in [4.69, 9.17) is 0 Å². The van der Waals surface area contributed by atoms with Crippen LogP contribution in [0.25, 0.3) is 0 Å². The Hall–Kier alpha value is -1.62. The van der Waals surface area contributed by atoms with Gasteiger partial charge in [0.2, 0.25) is 0 Å². The summed E-state index contributed by atoms with van der Waals surface area (Å²) in [5, 5.41) is 12.0. The molecule has 90 valence electrons. The van der Waals surface area contributed by atoms with Gasteiger partial charge in [0.05, 0.1) is 6.04 Å². The van der Waals surface area contributed by atoms with Gasteiger partial charge < -0.3 is 14.9 Å². The lowest BCUT2D eigenvalue weighted by Crippen LogP contribution is -2.21. The van der Waals surface area contributed by atoms with Crippen molar-refractivity contribution in [1.82, 2.24) is 25.1 Å². The van der Waals surface area contributed by atoms with E-state index in [1.54, 1.807) is 0 Å². The first-order valence-electron chi connectivity index (χ1n) is 6.12. The number of aromatic amines is 1. The molecule has 2 aromatic heterocycles. The molecule has 0 amide bonds. The molecule has 0 fully saturated rings. The molecule has 0 spiro atoms. The van der Waals surface area contributed by atoms with Crippen LogP contribution in [0.15, 0.2) is 18.3 Å². The van der Waals surface area contributed by atoms with Crippen molar-refractivity contribution in [3.05, 3.63) is 35.7 Å². The Kier molecular flexibility index (Phi) is 2.68. The van der Waals surface area contributed by atoms with Gasteiger partial charge in [-0.2, -0.15) is 0 Å². The van der Waals surface area contributed by atoms with Gasteiger partial charge in [0.25, 0.3) is 0 Å². The van der Waals surface area contributed by atoms with E-state index in [0.717, 1.165) is 31.2 Å². The van der Waals surface area contributed by atoms with Crippen LogP contribution in [-0.2, 0) is 19.5 Å². The first kappa shape index (κ1) is 10.5. The third kappa shape index (κ3) is 1.98. The van der Waals surface area contributed by atoms with Crippen LogP contribution in [0.4, 0.5) is 0 Å². The molecule has 17 heavy (non-hydrogen) atoms. The Bertz CT molecular complexity index is 485. The average molecular weight is 231 g/mol. The highest BCUT2D eigenvalue weighted by Gasteiger charge is 2.20. The molecule has 1 atom stereocenters. The van der Waals surface area contributed by atoms with E-state index in [9.17, 15) is 0 Å². The second-order valence-corrected chi connectivity index (χ2v) is 4.53. The zero-order chi connectivity index (χ0) is 11.7. The van der Waals surface area contributed by atoms with Gasteiger partial charge in [0, 0.05) is 31.4 Å². The fourth-order valence-electron chi connectivity index (χ4n) is 2.33. The van der Waals surface area contributed by atoms with Gasteiger partial charge >= 0.3 is 0 Å². The molecular weight excluding hydrogens is 214 g/mol. The third-order valence-electron chi connectivity index (χ3n) is 3.29. The lowest BCUT2D eigenvalue weighted by atomic mass is 10.3. The smallest absolute Gasteiger partial charge is 0.149 e. The summed E-state index contributed by atoms with van der Waals surface area (Å²) >= 11 is 0. The van der Waals surface area contributed by atoms with Crippen LogP contribution in [-0.4, -0.2) is 19.7 Å². The van der Waals surface area contributed by atoms with Crippen LogP contribution in [0.2, 0.25) is 0 Å². The largest absolute Gasteiger partial charge is 0.364 e. The van der Waals surface area contributed by atoms with E-state index in [-0.39, 0.29) is 6.04 Å². The predicted octanol–water partition coefficient (Wildman–Crippen LogP) is 1.40. The van der Waals surface area contributed by atoms with Crippen molar-refractivity contribution in [2.75, 3.05) is 0 Å². The minimum Gasteiger partial charge on any atom is -0.364 e. The predicted molar refractivity (Wildman–Crippen MR) is 64.4 cm³/mol. The summed E-state index contributed by atoms with van der Waals surface area (Å²) in [4.78, 5) is 3.18. The molecule has 0 saturated heterocycles. The number of rotatable bonds is 4. The number of hydrogen-bond acceptors (Lipinski definition) is 3. The molecule has 0 saturated carbocycles. The number of aryl methyl sites for hydroxylation is 1. The normalized spacial score (nSPS) is 16.1. The van der Waals surface area contributed by atoms with E-state index < -0.39 is 0 Å². The molecule has 0 bridgehead atoms. The Labute approximate surface area is 100 Å². The van der Waals surface area contributed by atoms with Crippen LogP contribution < -0.4 is 5.32 Å². The van der Waals surface area contributed by atoms with Gasteiger partial charge in [-0.1, -0.05) is 0 Å². The number of H-pyrrole nitrogens is 1. The summed E-state index contributed by atoms with van der Waals surface area (Å²) in [6.45, 7) is 4.03. The maximum absolute atomic E-state index is 4.28. The van der Waals surface area contributed by atoms with Crippen LogP contribution in [0.3, 0.4) is 0 Å². The van der Waals surface area contributed by atoms with Crippen molar-refractivity contribution in [3.63, 3.8) is 0 Å². The second-order valence-electron chi connectivity index (χ2n) is 4.53. The maximum Gasteiger partial charge on any atom is 0.149 e. The van der Waals surface area contributed by atoms with Crippen molar-refractivity contribution in [1.29, 1.82) is 0 Å². The third-order valence-corrected chi connectivity index (χ3v) is 3.29. The molecule has 2 aromatic rings. The van der Waals surface area contributed by atoms with Crippen molar-refractivity contribution >= 4 is 0 Å². The summed E-state index contributed by atoms with van der Waals surface area (Å²) < 4.78 is 2.24. The summed E-state index contributed by atoms with van der Waals surface area (Å²) in [6, 6.07) is 4.32. The van der Waals surface area contributed by atoms with E-state index in [0.29, 0.717) is 0 Å². The van der Waals surface area contributed by atoms with Crippen LogP contribution in [0.5, 0.6) is 0 Å².